The topological polar surface area (TPSA) is 197 Å². The third kappa shape index (κ3) is 16.7. The van der Waals surface area contributed by atoms with Gasteiger partial charge in [0.15, 0.2) is 0 Å². The van der Waals surface area contributed by atoms with Crippen molar-refractivity contribution in [1.29, 1.82) is 0 Å². The molecule has 1 aliphatic carbocycles. The Kier molecular flexibility index (Phi) is 26.0. The van der Waals surface area contributed by atoms with E-state index in [0.717, 1.165) is 66.8 Å². The zero-order chi connectivity index (χ0) is 50.1. The van der Waals surface area contributed by atoms with E-state index in [9.17, 15) is 39.6 Å². The molecule has 9 rings (SSSR count). The number of fused-ring (bicyclic) bond motifs is 8. The van der Waals surface area contributed by atoms with Crippen molar-refractivity contribution < 1.29 is 264 Å². The number of carbonyl (C=O) groups excluding carboxylic acids is 4. The minimum atomic E-state index is -1.28. The maximum Gasteiger partial charge on any atom is 1.00 e. The van der Waals surface area contributed by atoms with Crippen molar-refractivity contribution in [2.45, 2.75) is 52.1 Å². The number of hydrogen-bond donors (Lipinski definition) is 0. The van der Waals surface area contributed by atoms with Crippen LogP contribution in [0, 0.1) is 0 Å². The molecule has 0 atom stereocenters. The molecular formula is C60H44K4O12. The van der Waals surface area contributed by atoms with Crippen molar-refractivity contribution in [3.63, 3.8) is 0 Å². The maximum atomic E-state index is 11.6. The Morgan fingerprint density at radius 3 is 0.579 bits per heavy atom. The average Bonchev–Trinajstić information content (AvgIpc) is 3.38. The zero-order valence-electron chi connectivity index (χ0n) is 42.7. The van der Waals surface area contributed by atoms with Gasteiger partial charge in [-0.15, -0.1) is 0 Å². The van der Waals surface area contributed by atoms with Crippen LogP contribution in [0.25, 0.3) is 0 Å². The molecule has 0 fully saturated rings. The Balaban J connectivity index is 0.00000267. The summed E-state index contributed by atoms with van der Waals surface area (Å²) in [6, 6.07) is 49.2. The molecule has 12 nitrogen and oxygen atoms in total. The molecule has 76 heavy (non-hydrogen) atoms. The van der Waals surface area contributed by atoms with Crippen molar-refractivity contribution in [3.05, 3.63) is 259 Å². The van der Waals surface area contributed by atoms with Gasteiger partial charge in [0.25, 0.3) is 0 Å². The van der Waals surface area contributed by atoms with E-state index in [0.29, 0.717) is 48.7 Å². The van der Waals surface area contributed by atoms with E-state index in [1.807, 2.05) is 72.8 Å². The molecule has 0 saturated carbocycles. The van der Waals surface area contributed by atoms with Gasteiger partial charge in [0, 0.05) is 25.7 Å². The first-order valence-electron chi connectivity index (χ1n) is 23.1. The van der Waals surface area contributed by atoms with Crippen LogP contribution < -0.4 is 245 Å². The molecule has 0 spiro atoms. The first kappa shape index (κ1) is 64.2. The first-order chi connectivity index (χ1) is 34.9. The summed E-state index contributed by atoms with van der Waals surface area (Å²) >= 11 is 0. The van der Waals surface area contributed by atoms with Crippen LogP contribution in [0.15, 0.2) is 170 Å². The summed E-state index contributed by atoms with van der Waals surface area (Å²) in [5.74, 6) is -2.65. The molecule has 0 unspecified atom stereocenters. The number of hydrogen-bond acceptors (Lipinski definition) is 12. The van der Waals surface area contributed by atoms with Crippen LogP contribution in [0.4, 0.5) is 0 Å². The molecule has 0 saturated heterocycles. The van der Waals surface area contributed by atoms with Crippen molar-refractivity contribution >= 4 is 23.9 Å². The van der Waals surface area contributed by atoms with Gasteiger partial charge in [-0.3, -0.25) is 0 Å². The Hall–Kier alpha value is -2.61. The van der Waals surface area contributed by atoms with Crippen LogP contribution in [0.3, 0.4) is 0 Å². The fourth-order valence-electron chi connectivity index (χ4n) is 8.80. The number of rotatable bonds is 16. The molecule has 16 heteroatoms. The van der Waals surface area contributed by atoms with Crippen LogP contribution in [0.5, 0.6) is 23.0 Å². The SMILES string of the molecule is O=C([O-])c1ccc(COc2c3cccc2Cc2cccc(c2OCc2ccc(C(=O)[O-])cc2)Cc2cccc(c2OCc2ccc(C(=O)[O-])cc2)Cc2cccc(c2OCc2ccc(C(=O)[O-])cc2)C3)cc1.[K+].[K+].[K+].[K+]. The Labute approximate surface area is 610 Å². The van der Waals surface area contributed by atoms with E-state index in [1.165, 1.54) is 48.5 Å². The second kappa shape index (κ2) is 30.8. The van der Waals surface area contributed by atoms with Gasteiger partial charge in [0.1, 0.15) is 49.4 Å². The Bertz CT molecular complexity index is 2780. The summed E-state index contributed by atoms with van der Waals surface area (Å²) in [7, 11) is 0. The van der Waals surface area contributed by atoms with Crippen LogP contribution in [-0.4, -0.2) is 23.9 Å². The maximum absolute atomic E-state index is 11.6. The van der Waals surface area contributed by atoms with Crippen molar-refractivity contribution in [3.8, 4) is 23.0 Å². The van der Waals surface area contributed by atoms with Crippen LogP contribution in [0.1, 0.15) is 108 Å². The van der Waals surface area contributed by atoms with Gasteiger partial charge in [-0.1, -0.05) is 170 Å². The van der Waals surface area contributed by atoms with Gasteiger partial charge < -0.3 is 58.6 Å². The van der Waals surface area contributed by atoms with E-state index >= 15 is 0 Å². The average molecular weight is 1110 g/mol. The van der Waals surface area contributed by atoms with Gasteiger partial charge in [-0.25, -0.2) is 0 Å². The van der Waals surface area contributed by atoms with Gasteiger partial charge >= 0.3 is 206 Å². The molecule has 360 valence electrons. The van der Waals surface area contributed by atoms with E-state index in [4.69, 9.17) is 18.9 Å². The largest absolute Gasteiger partial charge is 1.00 e. The predicted octanol–water partition coefficient (Wildman–Crippen LogP) is -5.85. The molecule has 0 heterocycles. The van der Waals surface area contributed by atoms with Gasteiger partial charge in [0.05, 0.1) is 23.9 Å². The molecule has 0 N–H and O–H groups in total. The van der Waals surface area contributed by atoms with Gasteiger partial charge in [0.2, 0.25) is 0 Å². The fourth-order valence-corrected chi connectivity index (χ4v) is 8.80. The number of ether oxygens (including phenoxy) is 4. The molecule has 0 radical (unpaired) electrons. The minimum Gasteiger partial charge on any atom is -0.545 e. The summed E-state index contributed by atoms with van der Waals surface area (Å²) in [4.78, 5) is 46.3. The minimum absolute atomic E-state index is 0. The molecule has 0 amide bonds. The fraction of sp³-hybridized carbons (Fsp3) is 0.133. The second-order valence-corrected chi connectivity index (χ2v) is 17.4. The summed E-state index contributed by atoms with van der Waals surface area (Å²) < 4.78 is 27.1. The van der Waals surface area contributed by atoms with Crippen LogP contribution in [0.2, 0.25) is 0 Å². The smallest absolute Gasteiger partial charge is 0.545 e. The van der Waals surface area contributed by atoms with Crippen molar-refractivity contribution in [1.82, 2.24) is 0 Å². The van der Waals surface area contributed by atoms with Gasteiger partial charge in [-0.05, 0) is 89.0 Å². The molecule has 8 aromatic carbocycles. The normalized spacial score (nSPS) is 11.2. The molecule has 0 aliphatic heterocycles. The Morgan fingerprint density at radius 2 is 0.434 bits per heavy atom. The molecule has 1 aliphatic rings. The quantitative estimate of drug-likeness (QED) is 0.0834. The Morgan fingerprint density at radius 1 is 0.276 bits per heavy atom. The summed E-state index contributed by atoms with van der Waals surface area (Å²) in [6.07, 6.45) is 1.43. The van der Waals surface area contributed by atoms with Crippen LogP contribution in [-0.2, 0) is 52.1 Å². The van der Waals surface area contributed by atoms with E-state index in [-0.39, 0.29) is 254 Å². The summed E-state index contributed by atoms with van der Waals surface area (Å²) in [5.41, 5.74) is 9.88. The second-order valence-electron chi connectivity index (χ2n) is 17.4. The molecule has 8 bridgehead atoms. The number of carbonyl (C=O) groups is 4. The molecule has 8 aromatic rings. The summed E-state index contributed by atoms with van der Waals surface area (Å²) in [5, 5.41) is 46.3. The zero-order valence-corrected chi connectivity index (χ0v) is 55.2. The number of para-hydroxylation sites is 4. The standard InChI is InChI=1S/C60H48O12.4K/c61-57(62)41-21-13-37(14-22-41)33-69-53-45-5-1-6-46(53)30-48-8-3-10-50(55(48)71-35-39-17-25-43(26-18-39)59(65)66)32-52-12-4-11-51(56(52)72-36-40-19-27-44(28-20-40)60(67)68)31-49-9-2-7-47(29-45)54(49)70-34-38-15-23-42(24-16-38)58(63)64;;;;/h1-28H,29-36H2,(H,61,62)(H,63,64)(H,65,66)(H,67,68);;;;/q;4*+1/p-4. The molecular weight excluding hydrogens is 1070 g/mol. The first-order valence-corrected chi connectivity index (χ1v) is 23.1. The van der Waals surface area contributed by atoms with Crippen LogP contribution >= 0.6 is 0 Å². The third-order valence-corrected chi connectivity index (χ3v) is 12.5. The number of benzene rings is 8. The van der Waals surface area contributed by atoms with E-state index in [1.54, 1.807) is 48.5 Å². The van der Waals surface area contributed by atoms with E-state index in [2.05, 4.69) is 0 Å². The monoisotopic (exact) mass is 1110 g/mol. The number of carboxylic acid groups (broad SMARTS) is 4. The van der Waals surface area contributed by atoms with Crippen molar-refractivity contribution in [2.24, 2.45) is 0 Å². The van der Waals surface area contributed by atoms with Crippen molar-refractivity contribution in [2.75, 3.05) is 0 Å². The number of carboxylic acids is 4. The number of aromatic carboxylic acids is 4. The third-order valence-electron chi connectivity index (χ3n) is 12.5. The van der Waals surface area contributed by atoms with E-state index < -0.39 is 23.9 Å². The predicted molar refractivity (Wildman–Crippen MR) is 257 cm³/mol. The van der Waals surface area contributed by atoms with Gasteiger partial charge in [-0.2, -0.15) is 0 Å². The summed E-state index contributed by atoms with van der Waals surface area (Å²) in [6.45, 7) is 0.469. The molecule has 0 aromatic heterocycles.